The SMILES string of the molecule is CCCCCCCCCCS(=O)(=O)N/N=C\c1ccccc1[N+](=O)[O-]. The molecular weight excluding hydrogens is 342 g/mol. The topological polar surface area (TPSA) is 102 Å². The van der Waals surface area contributed by atoms with E-state index in [0.29, 0.717) is 6.42 Å². The fourth-order valence-corrected chi connectivity index (χ4v) is 3.30. The van der Waals surface area contributed by atoms with Gasteiger partial charge in [-0.15, -0.1) is 0 Å². The molecule has 0 fully saturated rings. The van der Waals surface area contributed by atoms with Crippen LogP contribution in [0.5, 0.6) is 0 Å². The lowest BCUT2D eigenvalue weighted by molar-refractivity contribution is -0.385. The lowest BCUT2D eigenvalue weighted by Gasteiger charge is -2.04. The zero-order valence-corrected chi connectivity index (χ0v) is 15.5. The maximum atomic E-state index is 11.9. The molecule has 1 rings (SSSR count). The van der Waals surface area contributed by atoms with Crippen LogP contribution >= 0.6 is 0 Å². The molecule has 1 aromatic carbocycles. The number of hydrogen-bond donors (Lipinski definition) is 1. The van der Waals surface area contributed by atoms with Crippen LogP contribution in [0.2, 0.25) is 0 Å². The van der Waals surface area contributed by atoms with E-state index in [0.717, 1.165) is 25.5 Å². The van der Waals surface area contributed by atoms with Crippen LogP contribution in [-0.2, 0) is 10.0 Å². The summed E-state index contributed by atoms with van der Waals surface area (Å²) in [5.41, 5.74) is 0.135. The van der Waals surface area contributed by atoms with Gasteiger partial charge in [-0.1, -0.05) is 64.0 Å². The van der Waals surface area contributed by atoms with Crippen LogP contribution in [0, 0.1) is 10.1 Å². The third-order valence-corrected chi connectivity index (χ3v) is 5.01. The van der Waals surface area contributed by atoms with Crippen molar-refractivity contribution in [1.82, 2.24) is 4.83 Å². The van der Waals surface area contributed by atoms with Gasteiger partial charge in [-0.2, -0.15) is 5.10 Å². The first-order chi connectivity index (χ1) is 12.0. The Balaban J connectivity index is 2.33. The van der Waals surface area contributed by atoms with Gasteiger partial charge in [0.25, 0.3) is 5.69 Å². The first kappa shape index (κ1) is 21.1. The van der Waals surface area contributed by atoms with E-state index in [2.05, 4.69) is 16.9 Å². The van der Waals surface area contributed by atoms with E-state index in [-0.39, 0.29) is 17.0 Å². The molecule has 0 aliphatic carbocycles. The molecule has 0 aromatic heterocycles. The molecule has 0 aliphatic rings. The van der Waals surface area contributed by atoms with Crippen molar-refractivity contribution >= 4 is 21.9 Å². The molecule has 8 heteroatoms. The fraction of sp³-hybridized carbons (Fsp3) is 0.588. The molecule has 0 saturated carbocycles. The fourth-order valence-electron chi connectivity index (χ4n) is 2.41. The Morgan fingerprint density at radius 2 is 1.68 bits per heavy atom. The Hall–Kier alpha value is -1.96. The monoisotopic (exact) mass is 369 g/mol. The predicted molar refractivity (Wildman–Crippen MR) is 100 cm³/mol. The van der Waals surface area contributed by atoms with Crippen molar-refractivity contribution in [2.45, 2.75) is 58.3 Å². The number of benzene rings is 1. The van der Waals surface area contributed by atoms with Crippen molar-refractivity contribution in [2.75, 3.05) is 5.75 Å². The summed E-state index contributed by atoms with van der Waals surface area (Å²) in [6, 6.07) is 6.02. The number of hydrazone groups is 1. The molecule has 0 saturated heterocycles. The maximum absolute atomic E-state index is 11.9. The molecule has 0 unspecified atom stereocenters. The van der Waals surface area contributed by atoms with Gasteiger partial charge in [0.1, 0.15) is 0 Å². The molecular formula is C17H27N3O4S. The van der Waals surface area contributed by atoms with Gasteiger partial charge < -0.3 is 0 Å². The van der Waals surface area contributed by atoms with E-state index >= 15 is 0 Å². The molecule has 140 valence electrons. The normalized spacial score (nSPS) is 11.7. The van der Waals surface area contributed by atoms with Crippen molar-refractivity contribution in [3.05, 3.63) is 39.9 Å². The molecule has 0 radical (unpaired) electrons. The number of nitro groups is 1. The minimum Gasteiger partial charge on any atom is -0.258 e. The molecule has 0 aliphatic heterocycles. The minimum absolute atomic E-state index is 0.0101. The number of unbranched alkanes of at least 4 members (excludes halogenated alkanes) is 7. The standard InChI is InChI=1S/C17H27N3O4S/c1-2-3-4-5-6-7-8-11-14-25(23,24)19-18-15-16-12-9-10-13-17(16)20(21)22/h9-10,12-13,15,19H,2-8,11,14H2,1H3/b18-15-. The molecule has 1 aromatic rings. The molecule has 0 spiro atoms. The molecule has 0 atom stereocenters. The Morgan fingerprint density at radius 3 is 2.32 bits per heavy atom. The summed E-state index contributed by atoms with van der Waals surface area (Å²) in [5.74, 6) is 0.0101. The van der Waals surface area contributed by atoms with E-state index in [4.69, 9.17) is 0 Å². The van der Waals surface area contributed by atoms with E-state index in [9.17, 15) is 18.5 Å². The third kappa shape index (κ3) is 9.19. The average molecular weight is 369 g/mol. The summed E-state index contributed by atoms with van der Waals surface area (Å²) in [6.45, 7) is 2.18. The van der Waals surface area contributed by atoms with Gasteiger partial charge in [0.05, 0.1) is 22.5 Å². The second-order valence-electron chi connectivity index (χ2n) is 5.96. The number of rotatable bonds is 13. The lowest BCUT2D eigenvalue weighted by Crippen LogP contribution is -2.21. The smallest absolute Gasteiger partial charge is 0.258 e. The van der Waals surface area contributed by atoms with E-state index in [1.165, 1.54) is 37.8 Å². The van der Waals surface area contributed by atoms with Gasteiger partial charge in [0.2, 0.25) is 10.0 Å². The Bertz CT molecular complexity index is 660. The number of nitrogens with zero attached hydrogens (tertiary/aromatic N) is 2. The highest BCUT2D eigenvalue weighted by atomic mass is 32.2. The molecule has 0 heterocycles. The van der Waals surface area contributed by atoms with Gasteiger partial charge in [-0.05, 0) is 12.5 Å². The number of nitrogens with one attached hydrogen (secondary N) is 1. The summed E-state index contributed by atoms with van der Waals surface area (Å²) in [5, 5.41) is 14.5. The zero-order valence-electron chi connectivity index (χ0n) is 14.7. The Morgan fingerprint density at radius 1 is 1.08 bits per heavy atom. The predicted octanol–water partition coefficient (Wildman–Crippen LogP) is 3.99. The van der Waals surface area contributed by atoms with Crippen molar-refractivity contribution in [2.24, 2.45) is 5.10 Å². The Kier molecular flexibility index (Phi) is 9.76. The Labute approximate surface area is 149 Å². The quantitative estimate of drug-likeness (QED) is 0.246. The van der Waals surface area contributed by atoms with E-state index in [1.807, 2.05) is 0 Å². The van der Waals surface area contributed by atoms with Crippen LogP contribution in [0.15, 0.2) is 29.4 Å². The first-order valence-corrected chi connectivity index (χ1v) is 10.4. The summed E-state index contributed by atoms with van der Waals surface area (Å²) >= 11 is 0. The van der Waals surface area contributed by atoms with Gasteiger partial charge in [-0.3, -0.25) is 10.1 Å². The summed E-state index contributed by atoms with van der Waals surface area (Å²) in [6.07, 6.45) is 9.73. The first-order valence-electron chi connectivity index (χ1n) is 8.72. The van der Waals surface area contributed by atoms with Crippen LogP contribution in [0.25, 0.3) is 0 Å². The van der Waals surface area contributed by atoms with Crippen molar-refractivity contribution in [3.8, 4) is 0 Å². The van der Waals surface area contributed by atoms with Crippen molar-refractivity contribution in [1.29, 1.82) is 0 Å². The number of para-hydroxylation sites is 1. The van der Waals surface area contributed by atoms with Crippen molar-refractivity contribution < 1.29 is 13.3 Å². The van der Waals surface area contributed by atoms with Gasteiger partial charge in [-0.25, -0.2) is 13.2 Å². The maximum Gasteiger partial charge on any atom is 0.278 e. The number of sulfonamides is 1. The number of nitro benzene ring substituents is 1. The van der Waals surface area contributed by atoms with Gasteiger partial charge in [0.15, 0.2) is 0 Å². The highest BCUT2D eigenvalue weighted by Crippen LogP contribution is 2.15. The molecule has 0 bridgehead atoms. The molecule has 1 N–H and O–H groups in total. The van der Waals surface area contributed by atoms with Crippen LogP contribution < -0.4 is 4.83 Å². The highest BCUT2D eigenvalue weighted by molar-refractivity contribution is 7.89. The third-order valence-electron chi connectivity index (χ3n) is 3.80. The highest BCUT2D eigenvalue weighted by Gasteiger charge is 2.11. The van der Waals surface area contributed by atoms with Gasteiger partial charge >= 0.3 is 0 Å². The zero-order chi connectivity index (χ0) is 18.5. The average Bonchev–Trinajstić information content (AvgIpc) is 2.57. The van der Waals surface area contributed by atoms with Crippen LogP contribution in [0.4, 0.5) is 5.69 Å². The second-order valence-corrected chi connectivity index (χ2v) is 7.78. The minimum atomic E-state index is -3.50. The molecule has 7 nitrogen and oxygen atoms in total. The second kappa shape index (κ2) is 11.6. The van der Waals surface area contributed by atoms with E-state index < -0.39 is 14.9 Å². The molecule has 25 heavy (non-hydrogen) atoms. The lowest BCUT2D eigenvalue weighted by atomic mass is 10.1. The van der Waals surface area contributed by atoms with Gasteiger partial charge in [0, 0.05) is 6.07 Å². The van der Waals surface area contributed by atoms with Crippen molar-refractivity contribution in [3.63, 3.8) is 0 Å². The van der Waals surface area contributed by atoms with Crippen LogP contribution in [0.1, 0.15) is 63.9 Å². The van der Waals surface area contributed by atoms with E-state index in [1.54, 1.807) is 12.1 Å². The summed E-state index contributed by atoms with van der Waals surface area (Å²) in [7, 11) is -3.50. The summed E-state index contributed by atoms with van der Waals surface area (Å²) in [4.78, 5) is 12.5. The van der Waals surface area contributed by atoms with Crippen LogP contribution in [-0.4, -0.2) is 25.3 Å². The van der Waals surface area contributed by atoms with Crippen LogP contribution in [0.3, 0.4) is 0 Å². The molecule has 0 amide bonds. The summed E-state index contributed by atoms with van der Waals surface area (Å²) < 4.78 is 23.7. The largest absolute Gasteiger partial charge is 0.278 e. The number of hydrogen-bond acceptors (Lipinski definition) is 5.